The van der Waals surface area contributed by atoms with Crippen LogP contribution in [0.25, 0.3) is 0 Å². The zero-order valence-corrected chi connectivity index (χ0v) is 12.6. The Balaban J connectivity index is 2.43. The van der Waals surface area contributed by atoms with Gasteiger partial charge in [0.05, 0.1) is 10.5 Å². The largest absolute Gasteiger partial charge is 0.478 e. The number of halogens is 1. The molecule has 1 fully saturated rings. The fourth-order valence-electron chi connectivity index (χ4n) is 2.66. The molecule has 1 aliphatic rings. The van der Waals surface area contributed by atoms with E-state index in [1.807, 2.05) is 6.92 Å². The molecule has 0 amide bonds. The van der Waals surface area contributed by atoms with Crippen LogP contribution in [0.4, 0.5) is 4.39 Å². The maximum atomic E-state index is 13.4. The first-order chi connectivity index (χ1) is 9.87. The molecule has 0 radical (unpaired) electrons. The fourth-order valence-corrected chi connectivity index (χ4v) is 4.46. The van der Waals surface area contributed by atoms with Gasteiger partial charge in [0.2, 0.25) is 10.0 Å². The average Bonchev–Trinajstić information content (AvgIpc) is 2.47. The van der Waals surface area contributed by atoms with Gasteiger partial charge in [0.25, 0.3) is 0 Å². The smallest absolute Gasteiger partial charge is 0.338 e. The van der Waals surface area contributed by atoms with Crippen molar-refractivity contribution in [2.45, 2.75) is 43.5 Å². The standard InChI is InChI=1S/C14H18FNO4S/c1-2-10-5-3-4-8-16(10)21(19,20)11-6-7-13(15)12(9-11)14(17)18/h6-7,9-10H,2-5,8H2,1H3,(H,17,18). The first-order valence-electron chi connectivity index (χ1n) is 6.92. The SMILES string of the molecule is CCC1CCCCN1S(=O)(=O)c1ccc(F)c(C(=O)O)c1. The molecule has 0 aromatic heterocycles. The second-order valence-corrected chi connectivity index (χ2v) is 7.01. The van der Waals surface area contributed by atoms with Crippen molar-refractivity contribution < 1.29 is 22.7 Å². The monoisotopic (exact) mass is 315 g/mol. The van der Waals surface area contributed by atoms with Crippen LogP contribution >= 0.6 is 0 Å². The Kier molecular flexibility index (Phi) is 4.63. The van der Waals surface area contributed by atoms with E-state index in [1.165, 1.54) is 4.31 Å². The summed E-state index contributed by atoms with van der Waals surface area (Å²) < 4.78 is 40.1. The van der Waals surface area contributed by atoms with Crippen LogP contribution in [0.2, 0.25) is 0 Å². The van der Waals surface area contributed by atoms with Crippen LogP contribution in [0.1, 0.15) is 43.0 Å². The van der Waals surface area contributed by atoms with Gasteiger partial charge in [-0.05, 0) is 37.5 Å². The van der Waals surface area contributed by atoms with Gasteiger partial charge in [0, 0.05) is 12.6 Å². The molecule has 5 nitrogen and oxygen atoms in total. The van der Waals surface area contributed by atoms with Gasteiger partial charge in [-0.25, -0.2) is 17.6 Å². The van der Waals surface area contributed by atoms with Crippen molar-refractivity contribution in [2.75, 3.05) is 6.54 Å². The van der Waals surface area contributed by atoms with E-state index in [-0.39, 0.29) is 10.9 Å². The molecule has 1 aromatic carbocycles. The molecule has 1 atom stereocenters. The summed E-state index contributed by atoms with van der Waals surface area (Å²) in [5.41, 5.74) is -0.624. The molecule has 0 spiro atoms. The van der Waals surface area contributed by atoms with Crippen LogP contribution in [0.3, 0.4) is 0 Å². The quantitative estimate of drug-likeness (QED) is 0.926. The van der Waals surface area contributed by atoms with Crippen LogP contribution in [-0.2, 0) is 10.0 Å². The number of hydrogen-bond donors (Lipinski definition) is 1. The van der Waals surface area contributed by atoms with E-state index in [0.29, 0.717) is 13.0 Å². The molecular formula is C14H18FNO4S. The van der Waals surface area contributed by atoms with Gasteiger partial charge >= 0.3 is 5.97 Å². The summed E-state index contributed by atoms with van der Waals surface area (Å²) in [5, 5.41) is 8.92. The van der Waals surface area contributed by atoms with Gasteiger partial charge in [-0.15, -0.1) is 0 Å². The molecule has 2 rings (SSSR count). The summed E-state index contributed by atoms with van der Waals surface area (Å²) in [6, 6.07) is 2.83. The van der Waals surface area contributed by atoms with Crippen LogP contribution in [-0.4, -0.2) is 36.4 Å². The van der Waals surface area contributed by atoms with Crippen molar-refractivity contribution in [3.05, 3.63) is 29.6 Å². The third-order valence-electron chi connectivity index (χ3n) is 3.82. The van der Waals surface area contributed by atoms with E-state index < -0.39 is 27.4 Å². The number of rotatable bonds is 4. The van der Waals surface area contributed by atoms with Crippen LogP contribution < -0.4 is 0 Å². The minimum atomic E-state index is -3.79. The summed E-state index contributed by atoms with van der Waals surface area (Å²) in [6.07, 6.45) is 3.26. The molecule has 0 saturated carbocycles. The van der Waals surface area contributed by atoms with Gasteiger partial charge in [0.1, 0.15) is 5.82 Å². The van der Waals surface area contributed by atoms with Crippen LogP contribution in [0.5, 0.6) is 0 Å². The third-order valence-corrected chi connectivity index (χ3v) is 5.77. The van der Waals surface area contributed by atoms with Crippen molar-refractivity contribution in [3.63, 3.8) is 0 Å². The van der Waals surface area contributed by atoms with E-state index in [4.69, 9.17) is 5.11 Å². The van der Waals surface area contributed by atoms with E-state index in [9.17, 15) is 17.6 Å². The minimum absolute atomic E-state index is 0.0814. The van der Waals surface area contributed by atoms with Gasteiger partial charge < -0.3 is 5.11 Å². The van der Waals surface area contributed by atoms with Gasteiger partial charge in [-0.2, -0.15) is 4.31 Å². The molecule has 1 N–H and O–H groups in total. The first-order valence-corrected chi connectivity index (χ1v) is 8.36. The number of sulfonamides is 1. The number of carboxylic acid groups (broad SMARTS) is 1. The number of aromatic carboxylic acids is 1. The Morgan fingerprint density at radius 1 is 1.43 bits per heavy atom. The molecule has 1 aromatic rings. The molecule has 1 unspecified atom stereocenters. The fraction of sp³-hybridized carbons (Fsp3) is 0.500. The van der Waals surface area contributed by atoms with E-state index >= 15 is 0 Å². The zero-order valence-electron chi connectivity index (χ0n) is 11.8. The maximum Gasteiger partial charge on any atom is 0.338 e. The molecule has 1 saturated heterocycles. The number of carbonyl (C=O) groups is 1. The number of benzene rings is 1. The highest BCUT2D eigenvalue weighted by Gasteiger charge is 2.33. The second-order valence-electron chi connectivity index (χ2n) is 5.12. The first kappa shape index (κ1) is 15.9. The zero-order chi connectivity index (χ0) is 15.6. The lowest BCUT2D eigenvalue weighted by Crippen LogP contribution is -2.43. The Morgan fingerprint density at radius 2 is 2.14 bits per heavy atom. The van der Waals surface area contributed by atoms with Crippen molar-refractivity contribution in [3.8, 4) is 0 Å². The molecule has 1 aliphatic heterocycles. The topological polar surface area (TPSA) is 74.7 Å². The van der Waals surface area contributed by atoms with Crippen molar-refractivity contribution >= 4 is 16.0 Å². The predicted molar refractivity (Wildman–Crippen MR) is 75.2 cm³/mol. The number of hydrogen-bond acceptors (Lipinski definition) is 3. The summed E-state index contributed by atoms with van der Waals surface area (Å²) in [5.74, 6) is -2.41. The Bertz CT molecular complexity index is 644. The number of carboxylic acids is 1. The predicted octanol–water partition coefficient (Wildman–Crippen LogP) is 2.48. The Labute approximate surface area is 123 Å². The highest BCUT2D eigenvalue weighted by Crippen LogP contribution is 2.27. The van der Waals surface area contributed by atoms with Crippen LogP contribution in [0.15, 0.2) is 23.1 Å². The summed E-state index contributed by atoms with van der Waals surface area (Å²) in [6.45, 7) is 2.34. The van der Waals surface area contributed by atoms with E-state index in [0.717, 1.165) is 37.5 Å². The maximum absolute atomic E-state index is 13.4. The number of nitrogens with zero attached hydrogens (tertiary/aromatic N) is 1. The number of piperidine rings is 1. The summed E-state index contributed by atoms with van der Waals surface area (Å²) >= 11 is 0. The highest BCUT2D eigenvalue weighted by atomic mass is 32.2. The van der Waals surface area contributed by atoms with Gasteiger partial charge in [-0.3, -0.25) is 0 Å². The lowest BCUT2D eigenvalue weighted by atomic mass is 10.0. The van der Waals surface area contributed by atoms with Crippen molar-refractivity contribution in [1.82, 2.24) is 4.31 Å². The van der Waals surface area contributed by atoms with Crippen molar-refractivity contribution in [1.29, 1.82) is 0 Å². The van der Waals surface area contributed by atoms with Gasteiger partial charge in [0.15, 0.2) is 0 Å². The highest BCUT2D eigenvalue weighted by molar-refractivity contribution is 7.89. The molecular weight excluding hydrogens is 297 g/mol. The molecule has 0 bridgehead atoms. The van der Waals surface area contributed by atoms with Crippen LogP contribution in [0, 0.1) is 5.82 Å². The lowest BCUT2D eigenvalue weighted by Gasteiger charge is -2.34. The van der Waals surface area contributed by atoms with Gasteiger partial charge in [-0.1, -0.05) is 13.3 Å². The van der Waals surface area contributed by atoms with Crippen molar-refractivity contribution in [2.24, 2.45) is 0 Å². The van der Waals surface area contributed by atoms with E-state index in [2.05, 4.69) is 0 Å². The molecule has 1 heterocycles. The molecule has 0 aliphatic carbocycles. The summed E-state index contributed by atoms with van der Waals surface area (Å²) in [4.78, 5) is 10.8. The van der Waals surface area contributed by atoms with E-state index in [1.54, 1.807) is 0 Å². The normalized spacial score (nSPS) is 20.4. The minimum Gasteiger partial charge on any atom is -0.478 e. The Hall–Kier alpha value is -1.47. The lowest BCUT2D eigenvalue weighted by molar-refractivity contribution is 0.0691. The average molecular weight is 315 g/mol. The molecule has 21 heavy (non-hydrogen) atoms. The molecule has 116 valence electrons. The third kappa shape index (κ3) is 3.08. The molecule has 7 heteroatoms. The Morgan fingerprint density at radius 3 is 2.76 bits per heavy atom. The summed E-state index contributed by atoms with van der Waals surface area (Å²) in [7, 11) is -3.79. The second kappa shape index (κ2) is 6.11.